The molecule has 0 bridgehead atoms. The molecule has 0 N–H and O–H groups in total. The van der Waals surface area contributed by atoms with Gasteiger partial charge in [0.2, 0.25) is 0 Å². The van der Waals surface area contributed by atoms with E-state index >= 15 is 0 Å². The van der Waals surface area contributed by atoms with E-state index in [0.29, 0.717) is 0 Å². The van der Waals surface area contributed by atoms with Gasteiger partial charge < -0.3 is 0 Å². The van der Waals surface area contributed by atoms with Crippen LogP contribution in [0.4, 0.5) is 0 Å². The van der Waals surface area contributed by atoms with Crippen molar-refractivity contribution in [3.8, 4) is 11.3 Å². The number of nitrogens with zero attached hydrogens (tertiary/aromatic N) is 2. The number of hydrogen-bond acceptors (Lipinski definition) is 2. The quantitative estimate of drug-likeness (QED) is 0.533. The van der Waals surface area contributed by atoms with Gasteiger partial charge in [-0.25, -0.2) is 0 Å². The van der Waals surface area contributed by atoms with Crippen molar-refractivity contribution >= 4 is 0 Å². The van der Waals surface area contributed by atoms with Crippen molar-refractivity contribution in [1.82, 2.24) is 9.97 Å². The Balaban J connectivity index is 2.27. The zero-order valence-electron chi connectivity index (χ0n) is 7.99. The summed E-state index contributed by atoms with van der Waals surface area (Å²) >= 11 is 0. The van der Waals surface area contributed by atoms with Gasteiger partial charge >= 0.3 is 0 Å². The predicted octanol–water partition coefficient (Wildman–Crippen LogP) is 2.36. The second-order valence-electron chi connectivity index (χ2n) is 3.64. The van der Waals surface area contributed by atoms with Crippen LogP contribution in [-0.4, -0.2) is 9.97 Å². The molecule has 1 aromatic heterocycles. The van der Waals surface area contributed by atoms with Crippen LogP contribution in [0, 0.1) is 6.92 Å². The Morgan fingerprint density at radius 3 is 3.00 bits per heavy atom. The van der Waals surface area contributed by atoms with Crippen molar-refractivity contribution in [1.29, 1.82) is 0 Å². The monoisotopic (exact) mass is 182 g/mol. The van der Waals surface area contributed by atoms with Gasteiger partial charge in [0.25, 0.3) is 0 Å². The van der Waals surface area contributed by atoms with Crippen LogP contribution in [-0.2, 0) is 6.42 Å². The van der Waals surface area contributed by atoms with Crippen molar-refractivity contribution in [2.45, 2.75) is 13.3 Å². The van der Waals surface area contributed by atoms with Gasteiger partial charge in [0.15, 0.2) is 0 Å². The van der Waals surface area contributed by atoms with Crippen molar-refractivity contribution in [3.63, 3.8) is 0 Å². The van der Waals surface area contributed by atoms with Crippen molar-refractivity contribution in [2.24, 2.45) is 0 Å². The molecular weight excluding hydrogens is 172 g/mol. The predicted molar refractivity (Wildman–Crippen MR) is 55.0 cm³/mol. The van der Waals surface area contributed by atoms with Crippen LogP contribution in [0.25, 0.3) is 11.3 Å². The Hall–Kier alpha value is -1.70. The minimum Gasteiger partial charge on any atom is -0.254 e. The summed E-state index contributed by atoms with van der Waals surface area (Å²) in [6, 6.07) is 8.38. The summed E-state index contributed by atoms with van der Waals surface area (Å²) in [5, 5.41) is 0. The number of aromatic nitrogens is 2. The minimum atomic E-state index is 0.931. The second-order valence-corrected chi connectivity index (χ2v) is 3.64. The highest BCUT2D eigenvalue weighted by Gasteiger charge is 2.19. The van der Waals surface area contributed by atoms with Gasteiger partial charge in [-0.15, -0.1) is 0 Å². The van der Waals surface area contributed by atoms with Crippen LogP contribution in [0.1, 0.15) is 17.0 Å². The summed E-state index contributed by atoms with van der Waals surface area (Å²) in [5.41, 5.74) is 5.76. The van der Waals surface area contributed by atoms with E-state index in [1.807, 2.05) is 13.1 Å². The molecule has 3 rings (SSSR count). The Morgan fingerprint density at radius 1 is 1.21 bits per heavy atom. The molecule has 2 nitrogen and oxygen atoms in total. The third-order valence-corrected chi connectivity index (χ3v) is 2.60. The standard InChI is InChI=1S/C12H10N2/c1-8-7-13-12-10-5-3-2-4-9(10)6-11(12)14-8/h2-5,7H,6H2,1H3. The summed E-state index contributed by atoms with van der Waals surface area (Å²) in [6.45, 7) is 1.98. The fraction of sp³-hybridized carbons (Fsp3) is 0.167. The highest BCUT2D eigenvalue weighted by molar-refractivity contribution is 5.71. The largest absolute Gasteiger partial charge is 0.254 e. The number of fused-ring (bicyclic) bond motifs is 3. The highest BCUT2D eigenvalue weighted by atomic mass is 14.8. The summed E-state index contributed by atoms with van der Waals surface area (Å²) in [7, 11) is 0. The van der Waals surface area contributed by atoms with Gasteiger partial charge in [-0.3, -0.25) is 9.97 Å². The summed E-state index contributed by atoms with van der Waals surface area (Å²) in [5.74, 6) is 0. The number of hydrogen-bond donors (Lipinski definition) is 0. The van der Waals surface area contributed by atoms with E-state index in [1.165, 1.54) is 11.1 Å². The maximum Gasteiger partial charge on any atom is 0.0923 e. The molecule has 1 aliphatic rings. The minimum absolute atomic E-state index is 0.931. The molecule has 14 heavy (non-hydrogen) atoms. The molecule has 2 aromatic rings. The SMILES string of the molecule is Cc1cnc2c(n1)Cc1ccccc1-2. The zero-order valence-corrected chi connectivity index (χ0v) is 7.99. The molecule has 1 heterocycles. The van der Waals surface area contributed by atoms with Gasteiger partial charge in [-0.2, -0.15) is 0 Å². The first kappa shape index (κ1) is 7.68. The lowest BCUT2D eigenvalue weighted by Gasteiger charge is -1.98. The molecule has 0 saturated heterocycles. The first-order chi connectivity index (χ1) is 6.84. The lowest BCUT2D eigenvalue weighted by atomic mass is 10.1. The molecule has 2 heteroatoms. The van der Waals surface area contributed by atoms with Crippen molar-refractivity contribution in [2.75, 3.05) is 0 Å². The van der Waals surface area contributed by atoms with Gasteiger partial charge in [-0.05, 0) is 12.5 Å². The van der Waals surface area contributed by atoms with Gasteiger partial charge in [-0.1, -0.05) is 24.3 Å². The smallest absolute Gasteiger partial charge is 0.0923 e. The maximum atomic E-state index is 4.51. The topological polar surface area (TPSA) is 25.8 Å². The normalized spacial score (nSPS) is 12.4. The Morgan fingerprint density at radius 2 is 2.07 bits per heavy atom. The third kappa shape index (κ3) is 0.970. The van der Waals surface area contributed by atoms with E-state index in [-0.39, 0.29) is 0 Å². The summed E-state index contributed by atoms with van der Waals surface area (Å²) in [6.07, 6.45) is 2.76. The molecule has 0 amide bonds. The zero-order chi connectivity index (χ0) is 9.54. The summed E-state index contributed by atoms with van der Waals surface area (Å²) < 4.78 is 0. The van der Waals surface area contributed by atoms with E-state index in [4.69, 9.17) is 0 Å². The molecule has 0 atom stereocenters. The van der Waals surface area contributed by atoms with Crippen LogP contribution in [0.15, 0.2) is 30.5 Å². The van der Waals surface area contributed by atoms with Crippen LogP contribution in [0.2, 0.25) is 0 Å². The van der Waals surface area contributed by atoms with E-state index < -0.39 is 0 Å². The molecular formula is C12H10N2. The van der Waals surface area contributed by atoms with Crippen LogP contribution < -0.4 is 0 Å². The van der Waals surface area contributed by atoms with E-state index in [1.54, 1.807) is 0 Å². The van der Waals surface area contributed by atoms with Gasteiger partial charge in [0.1, 0.15) is 0 Å². The third-order valence-electron chi connectivity index (χ3n) is 2.60. The van der Waals surface area contributed by atoms with Gasteiger partial charge in [0, 0.05) is 18.2 Å². The molecule has 0 saturated carbocycles. The Bertz CT molecular complexity index is 503. The molecule has 0 fully saturated rings. The number of rotatable bonds is 0. The molecule has 0 aliphatic heterocycles. The van der Waals surface area contributed by atoms with E-state index in [9.17, 15) is 0 Å². The number of aryl methyl sites for hydroxylation is 1. The van der Waals surface area contributed by atoms with Crippen LogP contribution in [0.5, 0.6) is 0 Å². The molecule has 0 unspecified atom stereocenters. The lowest BCUT2D eigenvalue weighted by molar-refractivity contribution is 1.03. The van der Waals surface area contributed by atoms with Crippen LogP contribution in [0.3, 0.4) is 0 Å². The summed E-state index contributed by atoms with van der Waals surface area (Å²) in [4.78, 5) is 8.94. The Labute approximate surface area is 82.7 Å². The first-order valence-electron chi connectivity index (χ1n) is 4.75. The van der Waals surface area contributed by atoms with Gasteiger partial charge in [0.05, 0.1) is 17.1 Å². The molecule has 1 aromatic carbocycles. The molecule has 1 aliphatic carbocycles. The maximum absolute atomic E-state index is 4.51. The fourth-order valence-electron chi connectivity index (χ4n) is 1.96. The molecule has 0 spiro atoms. The van der Waals surface area contributed by atoms with Crippen molar-refractivity contribution < 1.29 is 0 Å². The van der Waals surface area contributed by atoms with E-state index in [0.717, 1.165) is 23.5 Å². The average molecular weight is 182 g/mol. The average Bonchev–Trinajstić information content (AvgIpc) is 2.54. The number of benzene rings is 1. The Kier molecular flexibility index (Phi) is 1.45. The molecule has 0 radical (unpaired) electrons. The van der Waals surface area contributed by atoms with Crippen LogP contribution >= 0.6 is 0 Å². The van der Waals surface area contributed by atoms with E-state index in [2.05, 4.69) is 34.2 Å². The first-order valence-corrected chi connectivity index (χ1v) is 4.75. The lowest BCUT2D eigenvalue weighted by Crippen LogP contribution is -1.92. The molecule has 68 valence electrons. The fourth-order valence-corrected chi connectivity index (χ4v) is 1.96. The van der Waals surface area contributed by atoms with Crippen molar-refractivity contribution in [3.05, 3.63) is 47.4 Å². The highest BCUT2D eigenvalue weighted by Crippen LogP contribution is 2.33. The second kappa shape index (κ2) is 2.64.